The van der Waals surface area contributed by atoms with Gasteiger partial charge in [-0.25, -0.2) is 9.37 Å². The molecule has 27 heavy (non-hydrogen) atoms. The van der Waals surface area contributed by atoms with Crippen LogP contribution < -0.4 is 10.1 Å². The highest BCUT2D eigenvalue weighted by Crippen LogP contribution is 2.32. The predicted molar refractivity (Wildman–Crippen MR) is 87.9 cm³/mol. The highest BCUT2D eigenvalue weighted by atomic mass is 19.4. The van der Waals surface area contributed by atoms with E-state index >= 15 is 0 Å². The Hall–Kier alpha value is -3.49. The van der Waals surface area contributed by atoms with E-state index < -0.39 is 23.5 Å². The minimum atomic E-state index is -4.52. The number of anilines is 1. The second-order valence-electron chi connectivity index (χ2n) is 5.31. The Kier molecular flexibility index (Phi) is 5.02. The third-order valence-electron chi connectivity index (χ3n) is 3.34. The molecule has 3 aromatic rings. The fourth-order valence-corrected chi connectivity index (χ4v) is 2.09. The van der Waals surface area contributed by atoms with Gasteiger partial charge in [0.25, 0.3) is 5.91 Å². The average molecular weight is 377 g/mol. The van der Waals surface area contributed by atoms with E-state index in [1.54, 1.807) is 0 Å². The van der Waals surface area contributed by atoms with Gasteiger partial charge in [0.05, 0.1) is 5.56 Å². The molecule has 0 saturated carbocycles. The summed E-state index contributed by atoms with van der Waals surface area (Å²) in [6.07, 6.45) is -3.29. The number of hydrogen-bond donors (Lipinski definition) is 1. The van der Waals surface area contributed by atoms with E-state index in [9.17, 15) is 22.4 Å². The van der Waals surface area contributed by atoms with Crippen LogP contribution in [0, 0.1) is 5.82 Å². The number of rotatable bonds is 4. The normalized spacial score (nSPS) is 11.1. The number of nitrogens with zero attached hydrogens (tertiary/aromatic N) is 2. The van der Waals surface area contributed by atoms with Gasteiger partial charge in [-0.2, -0.15) is 18.2 Å². The number of carbonyl (C=O) groups is 1. The lowest BCUT2D eigenvalue weighted by Gasteiger charge is -2.09. The zero-order chi connectivity index (χ0) is 19.4. The lowest BCUT2D eigenvalue weighted by molar-refractivity contribution is -0.137. The first-order valence-corrected chi connectivity index (χ1v) is 7.56. The Labute approximate surface area is 150 Å². The number of ether oxygens (including phenoxy) is 1. The van der Waals surface area contributed by atoms with Crippen LogP contribution in [0.1, 0.15) is 16.1 Å². The number of hydrogen-bond acceptors (Lipinski definition) is 4. The van der Waals surface area contributed by atoms with Gasteiger partial charge in [-0.15, -0.1) is 0 Å². The molecule has 3 rings (SSSR count). The second kappa shape index (κ2) is 7.40. The summed E-state index contributed by atoms with van der Waals surface area (Å²) in [5.74, 6) is -1.19. The summed E-state index contributed by atoms with van der Waals surface area (Å²) in [5, 5.41) is 2.51. The molecular formula is C18H11F4N3O2. The number of alkyl halides is 3. The summed E-state index contributed by atoms with van der Waals surface area (Å²) in [6, 6.07) is 10.3. The molecule has 0 aliphatic rings. The van der Waals surface area contributed by atoms with Crippen molar-refractivity contribution in [2.45, 2.75) is 6.18 Å². The first-order valence-electron chi connectivity index (χ1n) is 7.56. The van der Waals surface area contributed by atoms with Crippen LogP contribution in [0.3, 0.4) is 0 Å². The molecule has 0 fully saturated rings. The lowest BCUT2D eigenvalue weighted by atomic mass is 10.2. The molecular weight excluding hydrogens is 366 g/mol. The highest BCUT2D eigenvalue weighted by Gasteiger charge is 2.30. The van der Waals surface area contributed by atoms with Crippen molar-refractivity contribution < 1.29 is 27.1 Å². The summed E-state index contributed by atoms with van der Waals surface area (Å²) < 4.78 is 56.3. The standard InChI is InChI=1S/C18H11F4N3O2/c19-12-4-6-13(7-5-12)24-16(26)15-8-9-23-17(25-15)27-14-3-1-2-11(10-14)18(20,21)22/h1-10H,(H,24,26). The second-order valence-corrected chi connectivity index (χ2v) is 5.31. The summed E-state index contributed by atoms with van der Waals surface area (Å²) >= 11 is 0. The van der Waals surface area contributed by atoms with Crippen molar-refractivity contribution in [3.8, 4) is 11.8 Å². The average Bonchev–Trinajstić information content (AvgIpc) is 2.63. The topological polar surface area (TPSA) is 64.1 Å². The number of benzene rings is 2. The van der Waals surface area contributed by atoms with Gasteiger partial charge < -0.3 is 10.1 Å². The maximum Gasteiger partial charge on any atom is 0.416 e. The summed E-state index contributed by atoms with van der Waals surface area (Å²) in [6.45, 7) is 0. The number of halogens is 4. The van der Waals surface area contributed by atoms with Crippen LogP contribution in [0.2, 0.25) is 0 Å². The zero-order valence-electron chi connectivity index (χ0n) is 13.5. The van der Waals surface area contributed by atoms with Gasteiger partial charge in [-0.1, -0.05) is 6.07 Å². The number of aromatic nitrogens is 2. The van der Waals surface area contributed by atoms with Crippen molar-refractivity contribution in [2.24, 2.45) is 0 Å². The van der Waals surface area contributed by atoms with Gasteiger partial charge in [-0.05, 0) is 48.5 Å². The van der Waals surface area contributed by atoms with Crippen LogP contribution >= 0.6 is 0 Å². The molecule has 0 radical (unpaired) electrons. The van der Waals surface area contributed by atoms with Crippen molar-refractivity contribution in [3.05, 3.63) is 77.9 Å². The molecule has 0 atom stereocenters. The Morgan fingerprint density at radius 1 is 1.04 bits per heavy atom. The first kappa shape index (κ1) is 18.3. The van der Waals surface area contributed by atoms with Gasteiger partial charge in [0.2, 0.25) is 0 Å². The highest BCUT2D eigenvalue weighted by molar-refractivity contribution is 6.02. The van der Waals surface area contributed by atoms with Crippen LogP contribution in [-0.2, 0) is 6.18 Å². The number of amides is 1. The molecule has 0 saturated heterocycles. The van der Waals surface area contributed by atoms with Crippen LogP contribution in [0.25, 0.3) is 0 Å². The van der Waals surface area contributed by atoms with Crippen molar-refractivity contribution in [2.75, 3.05) is 5.32 Å². The van der Waals surface area contributed by atoms with Gasteiger partial charge in [0, 0.05) is 11.9 Å². The van der Waals surface area contributed by atoms with Gasteiger partial charge in [0.15, 0.2) is 0 Å². The van der Waals surface area contributed by atoms with Gasteiger partial charge >= 0.3 is 12.2 Å². The molecule has 1 amide bonds. The smallest absolute Gasteiger partial charge is 0.416 e. The molecule has 5 nitrogen and oxygen atoms in total. The maximum absolute atomic E-state index is 12.9. The largest absolute Gasteiger partial charge is 0.424 e. The van der Waals surface area contributed by atoms with E-state index in [4.69, 9.17) is 4.74 Å². The van der Waals surface area contributed by atoms with Gasteiger partial charge in [0.1, 0.15) is 17.3 Å². The van der Waals surface area contributed by atoms with Crippen LogP contribution in [0.5, 0.6) is 11.8 Å². The SMILES string of the molecule is O=C(Nc1ccc(F)cc1)c1ccnc(Oc2cccc(C(F)(F)F)c2)n1. The van der Waals surface area contributed by atoms with Crippen LogP contribution in [0.15, 0.2) is 60.8 Å². The van der Waals surface area contributed by atoms with E-state index in [0.717, 1.165) is 12.1 Å². The third-order valence-corrected chi connectivity index (χ3v) is 3.34. The third kappa shape index (κ3) is 4.78. The molecule has 0 bridgehead atoms. The van der Waals surface area contributed by atoms with E-state index in [0.29, 0.717) is 5.69 Å². The minimum absolute atomic E-state index is 0.0729. The summed E-state index contributed by atoms with van der Waals surface area (Å²) in [5.41, 5.74) is -0.609. The molecule has 2 aromatic carbocycles. The molecule has 9 heteroatoms. The Bertz CT molecular complexity index is 959. The molecule has 0 aliphatic heterocycles. The van der Waals surface area contributed by atoms with E-state index in [1.165, 1.54) is 48.7 Å². The quantitative estimate of drug-likeness (QED) is 0.671. The summed E-state index contributed by atoms with van der Waals surface area (Å²) in [4.78, 5) is 19.8. The lowest BCUT2D eigenvalue weighted by Crippen LogP contribution is -2.14. The van der Waals surface area contributed by atoms with Crippen molar-refractivity contribution >= 4 is 11.6 Å². The first-order chi connectivity index (χ1) is 12.8. The maximum atomic E-state index is 12.9. The number of carbonyl (C=O) groups excluding carboxylic acids is 1. The molecule has 0 spiro atoms. The van der Waals surface area contributed by atoms with E-state index in [-0.39, 0.29) is 17.5 Å². The Morgan fingerprint density at radius 2 is 1.78 bits per heavy atom. The van der Waals surface area contributed by atoms with Crippen molar-refractivity contribution in [1.82, 2.24) is 9.97 Å². The van der Waals surface area contributed by atoms with Crippen molar-refractivity contribution in [3.63, 3.8) is 0 Å². The molecule has 138 valence electrons. The molecule has 1 aromatic heterocycles. The molecule has 0 unspecified atom stereocenters. The Morgan fingerprint density at radius 3 is 2.48 bits per heavy atom. The fraction of sp³-hybridized carbons (Fsp3) is 0.0556. The zero-order valence-corrected chi connectivity index (χ0v) is 13.5. The summed E-state index contributed by atoms with van der Waals surface area (Å²) in [7, 11) is 0. The molecule has 1 N–H and O–H groups in total. The van der Waals surface area contributed by atoms with Gasteiger partial charge in [-0.3, -0.25) is 4.79 Å². The van der Waals surface area contributed by atoms with E-state index in [1.807, 2.05) is 0 Å². The predicted octanol–water partition coefficient (Wildman–Crippen LogP) is 4.68. The fourth-order valence-electron chi connectivity index (χ4n) is 2.09. The van der Waals surface area contributed by atoms with Crippen molar-refractivity contribution in [1.29, 1.82) is 0 Å². The number of nitrogens with one attached hydrogen (secondary N) is 1. The monoisotopic (exact) mass is 377 g/mol. The Balaban J connectivity index is 1.75. The van der Waals surface area contributed by atoms with E-state index in [2.05, 4.69) is 15.3 Å². The minimum Gasteiger partial charge on any atom is -0.424 e. The van der Waals surface area contributed by atoms with Crippen LogP contribution in [-0.4, -0.2) is 15.9 Å². The molecule has 1 heterocycles. The van der Waals surface area contributed by atoms with Crippen LogP contribution in [0.4, 0.5) is 23.2 Å². The molecule has 0 aliphatic carbocycles.